The van der Waals surface area contributed by atoms with Crippen molar-refractivity contribution in [2.75, 3.05) is 25.2 Å². The summed E-state index contributed by atoms with van der Waals surface area (Å²) in [5, 5.41) is 11.6. The number of hydrogen-bond acceptors (Lipinski definition) is 4. The van der Waals surface area contributed by atoms with Crippen LogP contribution in [-0.4, -0.2) is 43.2 Å². The highest BCUT2D eigenvalue weighted by Crippen LogP contribution is 2.26. The number of rotatable bonds is 5. The normalized spacial score (nSPS) is 19.5. The Morgan fingerprint density at radius 1 is 1.48 bits per heavy atom. The molecule has 0 saturated carbocycles. The van der Waals surface area contributed by atoms with Crippen LogP contribution in [0.3, 0.4) is 0 Å². The number of carbonyl (C=O) groups excluding carboxylic acids is 2. The maximum Gasteiger partial charge on any atom is 0.227 e. The lowest BCUT2D eigenvalue weighted by Crippen LogP contribution is -2.40. The van der Waals surface area contributed by atoms with E-state index in [0.717, 1.165) is 11.4 Å². The molecule has 0 bridgehead atoms. The fraction of sp³-hybridized carbons (Fsp3) is 0.467. The van der Waals surface area contributed by atoms with Crippen LogP contribution in [-0.2, 0) is 9.59 Å². The van der Waals surface area contributed by atoms with Crippen molar-refractivity contribution < 1.29 is 19.4 Å². The zero-order chi connectivity index (χ0) is 15.4. The summed E-state index contributed by atoms with van der Waals surface area (Å²) in [5.41, 5.74) is 0.756. The number of nitrogens with one attached hydrogen (secondary N) is 1. The van der Waals surface area contributed by atoms with Gasteiger partial charge in [-0.2, -0.15) is 0 Å². The van der Waals surface area contributed by atoms with E-state index in [0.29, 0.717) is 6.54 Å². The van der Waals surface area contributed by atoms with E-state index in [2.05, 4.69) is 5.32 Å². The third kappa shape index (κ3) is 3.52. The lowest BCUT2D eigenvalue weighted by atomic mass is 10.1. The summed E-state index contributed by atoms with van der Waals surface area (Å²) < 4.78 is 5.08. The number of methoxy groups -OCH3 is 1. The first-order valence-corrected chi connectivity index (χ1v) is 6.90. The standard InChI is InChI=1S/C15H20N2O4/c1-10(9-18)16-15(20)11-7-14(19)17(8-11)12-3-5-13(21-2)6-4-12/h3-6,10-11,18H,7-9H2,1-2H3,(H,16,20). The quantitative estimate of drug-likeness (QED) is 0.830. The molecule has 0 aromatic heterocycles. The molecule has 2 N–H and O–H groups in total. The van der Waals surface area contributed by atoms with Crippen molar-refractivity contribution in [2.24, 2.45) is 5.92 Å². The van der Waals surface area contributed by atoms with E-state index < -0.39 is 0 Å². The van der Waals surface area contributed by atoms with Gasteiger partial charge in [-0.15, -0.1) is 0 Å². The molecule has 0 aliphatic carbocycles. The number of nitrogens with zero attached hydrogens (tertiary/aromatic N) is 1. The van der Waals surface area contributed by atoms with Crippen molar-refractivity contribution in [3.63, 3.8) is 0 Å². The molecule has 2 atom stereocenters. The average molecular weight is 292 g/mol. The molecule has 1 saturated heterocycles. The number of aliphatic hydroxyl groups is 1. The monoisotopic (exact) mass is 292 g/mol. The molecule has 1 fully saturated rings. The van der Waals surface area contributed by atoms with Crippen molar-refractivity contribution in [2.45, 2.75) is 19.4 Å². The summed E-state index contributed by atoms with van der Waals surface area (Å²) >= 11 is 0. The van der Waals surface area contributed by atoms with E-state index in [1.165, 1.54) is 0 Å². The Labute approximate surface area is 123 Å². The number of hydrogen-bond donors (Lipinski definition) is 2. The summed E-state index contributed by atoms with van der Waals surface area (Å²) in [6.07, 6.45) is 0.190. The van der Waals surface area contributed by atoms with Gasteiger partial charge in [-0.1, -0.05) is 0 Å². The zero-order valence-corrected chi connectivity index (χ0v) is 12.2. The summed E-state index contributed by atoms with van der Waals surface area (Å²) in [5.74, 6) is 0.0722. The fourth-order valence-electron chi connectivity index (χ4n) is 2.30. The van der Waals surface area contributed by atoms with Crippen LogP contribution in [0.4, 0.5) is 5.69 Å². The van der Waals surface area contributed by atoms with E-state index in [9.17, 15) is 9.59 Å². The summed E-state index contributed by atoms with van der Waals surface area (Å²) in [7, 11) is 1.58. The van der Waals surface area contributed by atoms with Crippen LogP contribution in [0.2, 0.25) is 0 Å². The number of carbonyl (C=O) groups is 2. The average Bonchev–Trinajstić information content (AvgIpc) is 2.89. The Morgan fingerprint density at radius 3 is 2.71 bits per heavy atom. The Hall–Kier alpha value is -2.08. The minimum atomic E-state index is -0.381. The highest BCUT2D eigenvalue weighted by atomic mass is 16.5. The van der Waals surface area contributed by atoms with Gasteiger partial charge in [0, 0.05) is 24.7 Å². The topological polar surface area (TPSA) is 78.9 Å². The van der Waals surface area contributed by atoms with Crippen molar-refractivity contribution in [1.82, 2.24) is 5.32 Å². The van der Waals surface area contributed by atoms with Gasteiger partial charge >= 0.3 is 0 Å². The molecule has 21 heavy (non-hydrogen) atoms. The number of benzene rings is 1. The van der Waals surface area contributed by atoms with Crippen LogP contribution in [0.5, 0.6) is 5.75 Å². The van der Waals surface area contributed by atoms with Crippen molar-refractivity contribution in [3.8, 4) is 5.75 Å². The molecule has 1 aromatic carbocycles. The van der Waals surface area contributed by atoms with Crippen LogP contribution in [0.15, 0.2) is 24.3 Å². The van der Waals surface area contributed by atoms with Gasteiger partial charge in [0.05, 0.1) is 19.6 Å². The van der Waals surface area contributed by atoms with Crippen molar-refractivity contribution in [1.29, 1.82) is 0 Å². The molecule has 2 unspecified atom stereocenters. The summed E-state index contributed by atoms with van der Waals surface area (Å²) in [6.45, 7) is 1.96. The van der Waals surface area contributed by atoms with Crippen LogP contribution >= 0.6 is 0 Å². The van der Waals surface area contributed by atoms with Gasteiger partial charge in [-0.25, -0.2) is 0 Å². The second-order valence-electron chi connectivity index (χ2n) is 5.20. The summed E-state index contributed by atoms with van der Waals surface area (Å²) in [6, 6.07) is 6.86. The third-order valence-corrected chi connectivity index (χ3v) is 3.54. The van der Waals surface area contributed by atoms with Crippen LogP contribution in [0.1, 0.15) is 13.3 Å². The molecule has 2 amide bonds. The SMILES string of the molecule is COc1ccc(N2CC(C(=O)NC(C)CO)CC2=O)cc1. The second kappa shape index (κ2) is 6.58. The Morgan fingerprint density at radius 2 is 2.14 bits per heavy atom. The smallest absolute Gasteiger partial charge is 0.227 e. The predicted octanol–water partition coefficient (Wildman–Crippen LogP) is 0.545. The third-order valence-electron chi connectivity index (χ3n) is 3.54. The minimum absolute atomic E-state index is 0.0723. The van der Waals surface area contributed by atoms with Gasteiger partial charge in [-0.05, 0) is 31.2 Å². The zero-order valence-electron chi connectivity index (χ0n) is 12.2. The van der Waals surface area contributed by atoms with Crippen LogP contribution in [0.25, 0.3) is 0 Å². The fourth-order valence-corrected chi connectivity index (χ4v) is 2.30. The molecule has 1 heterocycles. The molecule has 6 heteroatoms. The molecular formula is C15H20N2O4. The summed E-state index contributed by atoms with van der Waals surface area (Å²) in [4.78, 5) is 25.7. The number of ether oxygens (including phenoxy) is 1. The highest BCUT2D eigenvalue weighted by Gasteiger charge is 2.35. The van der Waals surface area contributed by atoms with Gasteiger partial charge in [-0.3, -0.25) is 9.59 Å². The maximum atomic E-state index is 12.1. The Kier molecular flexibility index (Phi) is 4.80. The van der Waals surface area contributed by atoms with E-state index in [4.69, 9.17) is 9.84 Å². The molecule has 0 radical (unpaired) electrons. The molecule has 1 aliphatic heterocycles. The molecule has 2 rings (SSSR count). The molecule has 1 aliphatic rings. The van der Waals surface area contributed by atoms with Crippen LogP contribution in [0, 0.1) is 5.92 Å². The Bertz CT molecular complexity index is 515. The van der Waals surface area contributed by atoms with E-state index >= 15 is 0 Å². The first-order chi connectivity index (χ1) is 10.0. The minimum Gasteiger partial charge on any atom is -0.497 e. The van der Waals surface area contributed by atoms with Crippen LogP contribution < -0.4 is 15.0 Å². The lowest BCUT2D eigenvalue weighted by Gasteiger charge is -2.18. The van der Waals surface area contributed by atoms with Gasteiger partial charge in [0.2, 0.25) is 11.8 Å². The van der Waals surface area contributed by atoms with E-state index in [1.807, 2.05) is 0 Å². The van der Waals surface area contributed by atoms with Gasteiger partial charge < -0.3 is 20.1 Å². The number of aliphatic hydroxyl groups excluding tert-OH is 1. The Balaban J connectivity index is 2.03. The first kappa shape index (κ1) is 15.3. The second-order valence-corrected chi connectivity index (χ2v) is 5.20. The van der Waals surface area contributed by atoms with Gasteiger partial charge in [0.15, 0.2) is 0 Å². The number of anilines is 1. The molecule has 1 aromatic rings. The lowest BCUT2D eigenvalue weighted by molar-refractivity contribution is -0.127. The molecule has 0 spiro atoms. The van der Waals surface area contributed by atoms with Gasteiger partial charge in [0.25, 0.3) is 0 Å². The number of amides is 2. The van der Waals surface area contributed by atoms with Gasteiger partial charge in [0.1, 0.15) is 5.75 Å². The van der Waals surface area contributed by atoms with E-state index in [-0.39, 0.29) is 36.8 Å². The highest BCUT2D eigenvalue weighted by molar-refractivity contribution is 6.00. The van der Waals surface area contributed by atoms with E-state index in [1.54, 1.807) is 43.2 Å². The predicted molar refractivity (Wildman–Crippen MR) is 78.1 cm³/mol. The largest absolute Gasteiger partial charge is 0.497 e. The van der Waals surface area contributed by atoms with Crippen molar-refractivity contribution in [3.05, 3.63) is 24.3 Å². The maximum absolute atomic E-state index is 12.1. The molecule has 6 nitrogen and oxygen atoms in total. The molecule has 114 valence electrons. The molecular weight excluding hydrogens is 272 g/mol. The van der Waals surface area contributed by atoms with Crippen molar-refractivity contribution >= 4 is 17.5 Å². The first-order valence-electron chi connectivity index (χ1n) is 6.90.